The first-order chi connectivity index (χ1) is 11.8. The van der Waals surface area contributed by atoms with Gasteiger partial charge in [0.15, 0.2) is 5.82 Å². The van der Waals surface area contributed by atoms with Crippen molar-refractivity contribution in [2.24, 2.45) is 0 Å². The average Bonchev–Trinajstić information content (AvgIpc) is 3.17. The summed E-state index contributed by atoms with van der Waals surface area (Å²) in [7, 11) is 0. The monoisotopic (exact) mass is 338 g/mol. The molecule has 3 heterocycles. The summed E-state index contributed by atoms with van der Waals surface area (Å²) in [4.78, 5) is 13.0. The lowest BCUT2D eigenvalue weighted by Crippen LogP contribution is -2.36. The second-order valence-electron chi connectivity index (χ2n) is 5.63. The van der Waals surface area contributed by atoms with E-state index in [4.69, 9.17) is 20.4 Å². The number of nitrogen functional groups attached to an aromatic ring is 1. The highest BCUT2D eigenvalue weighted by Crippen LogP contribution is 2.29. The molecule has 1 fully saturated rings. The molecule has 122 valence electrons. The summed E-state index contributed by atoms with van der Waals surface area (Å²) in [6, 6.07) is 13.9. The van der Waals surface area contributed by atoms with Gasteiger partial charge in [0.2, 0.25) is 0 Å². The highest BCUT2D eigenvalue weighted by molar-refractivity contribution is 7.13. The molecule has 2 N–H and O–H groups in total. The van der Waals surface area contributed by atoms with Crippen LogP contribution in [0.3, 0.4) is 0 Å². The Morgan fingerprint density at radius 2 is 1.83 bits per heavy atom. The molecule has 1 saturated heterocycles. The van der Waals surface area contributed by atoms with Crippen LogP contribution in [0.25, 0.3) is 22.0 Å². The Morgan fingerprint density at radius 1 is 1.04 bits per heavy atom. The summed E-state index contributed by atoms with van der Waals surface area (Å²) in [6.45, 7) is 3.16. The Labute approximate surface area is 144 Å². The first-order valence-corrected chi connectivity index (χ1v) is 8.79. The summed E-state index contributed by atoms with van der Waals surface area (Å²) >= 11 is 1.68. The second kappa shape index (κ2) is 6.59. The largest absolute Gasteiger partial charge is 0.399 e. The van der Waals surface area contributed by atoms with Crippen molar-refractivity contribution in [1.29, 1.82) is 0 Å². The lowest BCUT2D eigenvalue weighted by Gasteiger charge is -2.28. The van der Waals surface area contributed by atoms with Gasteiger partial charge in [-0.3, -0.25) is 0 Å². The zero-order chi connectivity index (χ0) is 16.4. The van der Waals surface area contributed by atoms with E-state index in [9.17, 15) is 0 Å². The van der Waals surface area contributed by atoms with Crippen LogP contribution >= 0.6 is 11.3 Å². The van der Waals surface area contributed by atoms with Gasteiger partial charge in [0.25, 0.3) is 0 Å². The summed E-state index contributed by atoms with van der Waals surface area (Å²) < 4.78 is 5.45. The van der Waals surface area contributed by atoms with E-state index in [0.29, 0.717) is 0 Å². The quantitative estimate of drug-likeness (QED) is 0.743. The zero-order valence-corrected chi connectivity index (χ0v) is 14.0. The minimum atomic E-state index is 0.724. The van der Waals surface area contributed by atoms with Crippen LogP contribution in [0.5, 0.6) is 0 Å². The predicted octanol–water partition coefficient (Wildman–Crippen LogP) is 3.29. The molecule has 4 rings (SSSR count). The van der Waals surface area contributed by atoms with Gasteiger partial charge in [0.1, 0.15) is 5.82 Å². The van der Waals surface area contributed by atoms with Crippen LogP contribution in [0, 0.1) is 0 Å². The van der Waals surface area contributed by atoms with Gasteiger partial charge in [-0.2, -0.15) is 0 Å². The van der Waals surface area contributed by atoms with Crippen molar-refractivity contribution < 1.29 is 4.74 Å². The minimum absolute atomic E-state index is 0.724. The molecule has 0 unspecified atom stereocenters. The number of thiophene rings is 1. The van der Waals surface area contributed by atoms with Gasteiger partial charge in [-0.1, -0.05) is 6.07 Å². The molecule has 0 bridgehead atoms. The first kappa shape index (κ1) is 15.1. The van der Waals surface area contributed by atoms with Crippen LogP contribution in [-0.4, -0.2) is 36.3 Å². The fourth-order valence-corrected chi connectivity index (χ4v) is 3.39. The van der Waals surface area contributed by atoms with Gasteiger partial charge >= 0.3 is 0 Å². The van der Waals surface area contributed by atoms with Crippen molar-refractivity contribution in [3.63, 3.8) is 0 Å². The molecule has 1 aromatic carbocycles. The molecule has 1 aliphatic rings. The summed E-state index contributed by atoms with van der Waals surface area (Å²) in [5, 5.41) is 2.06. The molecule has 0 spiro atoms. The van der Waals surface area contributed by atoms with E-state index in [1.165, 1.54) is 0 Å². The molecule has 0 radical (unpaired) electrons. The zero-order valence-electron chi connectivity index (χ0n) is 13.2. The van der Waals surface area contributed by atoms with Crippen molar-refractivity contribution in [2.75, 3.05) is 36.9 Å². The number of hydrogen-bond donors (Lipinski definition) is 1. The van der Waals surface area contributed by atoms with E-state index in [1.807, 2.05) is 30.3 Å². The molecular formula is C18H18N4OS. The van der Waals surface area contributed by atoms with E-state index in [0.717, 1.165) is 59.8 Å². The number of morpholine rings is 1. The third-order valence-corrected chi connectivity index (χ3v) is 4.88. The van der Waals surface area contributed by atoms with Gasteiger partial charge < -0.3 is 15.4 Å². The Kier molecular flexibility index (Phi) is 4.15. The minimum Gasteiger partial charge on any atom is -0.399 e. The highest BCUT2D eigenvalue weighted by atomic mass is 32.1. The highest BCUT2D eigenvalue weighted by Gasteiger charge is 2.16. The Morgan fingerprint density at radius 3 is 2.54 bits per heavy atom. The third-order valence-electron chi connectivity index (χ3n) is 3.99. The number of aromatic nitrogens is 2. The van der Waals surface area contributed by atoms with E-state index in [1.54, 1.807) is 11.3 Å². The topological polar surface area (TPSA) is 64.3 Å². The number of hydrogen-bond acceptors (Lipinski definition) is 6. The second-order valence-corrected chi connectivity index (χ2v) is 6.58. The van der Waals surface area contributed by atoms with Gasteiger partial charge in [0, 0.05) is 30.4 Å². The number of nitrogens with two attached hydrogens (primary N) is 1. The van der Waals surface area contributed by atoms with Gasteiger partial charge in [-0.25, -0.2) is 9.97 Å². The number of benzene rings is 1. The summed E-state index contributed by atoms with van der Waals surface area (Å²) in [6.07, 6.45) is 0. The van der Waals surface area contributed by atoms with Gasteiger partial charge in [-0.15, -0.1) is 11.3 Å². The smallest absolute Gasteiger partial charge is 0.162 e. The normalized spacial score (nSPS) is 14.8. The number of ether oxygens (including phenoxy) is 1. The fraction of sp³-hybridized carbons (Fsp3) is 0.222. The van der Waals surface area contributed by atoms with E-state index >= 15 is 0 Å². The average molecular weight is 338 g/mol. The van der Waals surface area contributed by atoms with E-state index < -0.39 is 0 Å². The van der Waals surface area contributed by atoms with E-state index in [2.05, 4.69) is 22.4 Å². The maximum atomic E-state index is 5.80. The maximum Gasteiger partial charge on any atom is 0.162 e. The number of anilines is 2. The molecular weight excluding hydrogens is 320 g/mol. The van der Waals surface area contributed by atoms with Crippen LogP contribution < -0.4 is 10.6 Å². The molecule has 0 atom stereocenters. The lowest BCUT2D eigenvalue weighted by atomic mass is 10.2. The number of nitrogens with zero attached hydrogens (tertiary/aromatic N) is 3. The van der Waals surface area contributed by atoms with Crippen LogP contribution in [0.4, 0.5) is 11.5 Å². The summed E-state index contributed by atoms with van der Waals surface area (Å²) in [5.74, 6) is 1.67. The van der Waals surface area contributed by atoms with Crippen LogP contribution in [-0.2, 0) is 4.74 Å². The Hall–Kier alpha value is -2.44. The lowest BCUT2D eigenvalue weighted by molar-refractivity contribution is 0.122. The van der Waals surface area contributed by atoms with Crippen LogP contribution in [0.15, 0.2) is 47.8 Å². The molecule has 24 heavy (non-hydrogen) atoms. The van der Waals surface area contributed by atoms with Crippen molar-refractivity contribution in [2.45, 2.75) is 0 Å². The van der Waals surface area contributed by atoms with Gasteiger partial charge in [0.05, 0.1) is 23.8 Å². The van der Waals surface area contributed by atoms with Crippen molar-refractivity contribution >= 4 is 22.8 Å². The molecule has 0 aliphatic carbocycles. The summed E-state index contributed by atoms with van der Waals surface area (Å²) in [5.41, 5.74) is 8.46. The van der Waals surface area contributed by atoms with Crippen molar-refractivity contribution in [3.05, 3.63) is 47.8 Å². The predicted molar refractivity (Wildman–Crippen MR) is 98.2 cm³/mol. The van der Waals surface area contributed by atoms with Crippen LogP contribution in [0.1, 0.15) is 0 Å². The van der Waals surface area contributed by atoms with Crippen molar-refractivity contribution in [1.82, 2.24) is 9.97 Å². The molecule has 1 aliphatic heterocycles. The number of rotatable bonds is 3. The molecule has 6 heteroatoms. The Balaban J connectivity index is 1.80. The molecule has 2 aromatic heterocycles. The SMILES string of the molecule is Nc1ccc(-c2nc(-c3cccs3)cc(N3CCOCC3)n2)cc1. The van der Waals surface area contributed by atoms with Gasteiger partial charge in [-0.05, 0) is 35.7 Å². The Bertz CT molecular complexity index is 812. The molecule has 5 nitrogen and oxygen atoms in total. The van der Waals surface area contributed by atoms with E-state index in [-0.39, 0.29) is 0 Å². The van der Waals surface area contributed by atoms with Crippen molar-refractivity contribution in [3.8, 4) is 22.0 Å². The molecule has 0 amide bonds. The molecule has 0 saturated carbocycles. The third kappa shape index (κ3) is 3.11. The first-order valence-electron chi connectivity index (χ1n) is 7.91. The van der Waals surface area contributed by atoms with Crippen LogP contribution in [0.2, 0.25) is 0 Å². The standard InChI is InChI=1S/C18H18N4OS/c19-14-5-3-13(4-6-14)18-20-15(16-2-1-11-24-16)12-17(21-18)22-7-9-23-10-8-22/h1-6,11-12H,7-10,19H2. The fourth-order valence-electron chi connectivity index (χ4n) is 2.70. The molecule has 3 aromatic rings. The maximum absolute atomic E-state index is 5.80.